The zero-order chi connectivity index (χ0) is 19.4. The zero-order valence-electron chi connectivity index (χ0n) is 14.8. The van der Waals surface area contributed by atoms with E-state index >= 15 is 0 Å². The number of benzene rings is 1. The average molecular weight is 366 g/mol. The molecule has 0 radical (unpaired) electrons. The highest BCUT2D eigenvalue weighted by molar-refractivity contribution is 5.93. The van der Waals surface area contributed by atoms with Gasteiger partial charge in [-0.05, 0) is 37.1 Å². The van der Waals surface area contributed by atoms with Crippen LogP contribution in [-0.2, 0) is 28.5 Å². The maximum absolute atomic E-state index is 11.8. The molecule has 0 unspecified atom stereocenters. The molecule has 0 heterocycles. The molecule has 0 fully saturated rings. The van der Waals surface area contributed by atoms with E-state index in [2.05, 4.69) is 9.47 Å². The third-order valence-corrected chi connectivity index (χ3v) is 3.33. The molecule has 1 rings (SSSR count). The lowest BCUT2D eigenvalue weighted by Gasteiger charge is -2.06. The number of hydrogen-bond acceptors (Lipinski definition) is 8. The van der Waals surface area contributed by atoms with Crippen LogP contribution in [0.3, 0.4) is 0 Å². The standard InChI is InChI=1S/C18H22O8/c1-23-15(19)5-3-11-25-17(21)13-7-9-14(10-8-13)18(22)26-12-4-6-16(20)24-2/h7-10H,3-6,11-12H2,1-2H3. The SMILES string of the molecule is COC(=O)CCCOC(=O)c1ccc(C(=O)OCCCC(=O)OC)cc1. The molecule has 26 heavy (non-hydrogen) atoms. The van der Waals surface area contributed by atoms with Crippen molar-refractivity contribution in [1.82, 2.24) is 0 Å². The molecule has 0 atom stereocenters. The van der Waals surface area contributed by atoms with Crippen LogP contribution in [0.15, 0.2) is 24.3 Å². The zero-order valence-corrected chi connectivity index (χ0v) is 14.8. The third kappa shape index (κ3) is 7.78. The van der Waals surface area contributed by atoms with Crippen LogP contribution >= 0.6 is 0 Å². The van der Waals surface area contributed by atoms with Crippen molar-refractivity contribution in [2.75, 3.05) is 27.4 Å². The van der Waals surface area contributed by atoms with E-state index in [4.69, 9.17) is 9.47 Å². The molecule has 142 valence electrons. The summed E-state index contributed by atoms with van der Waals surface area (Å²) in [5, 5.41) is 0. The van der Waals surface area contributed by atoms with Gasteiger partial charge in [0.25, 0.3) is 0 Å². The van der Waals surface area contributed by atoms with Crippen LogP contribution in [0.2, 0.25) is 0 Å². The molecule has 0 aromatic heterocycles. The van der Waals surface area contributed by atoms with Gasteiger partial charge in [0.05, 0.1) is 38.6 Å². The summed E-state index contributed by atoms with van der Waals surface area (Å²) >= 11 is 0. The van der Waals surface area contributed by atoms with Gasteiger partial charge in [0, 0.05) is 12.8 Å². The molecule has 1 aromatic carbocycles. The van der Waals surface area contributed by atoms with Gasteiger partial charge in [0.1, 0.15) is 0 Å². The molecule has 0 N–H and O–H groups in total. The van der Waals surface area contributed by atoms with Gasteiger partial charge < -0.3 is 18.9 Å². The first-order chi connectivity index (χ1) is 12.5. The Labute approximate surface area is 151 Å². The minimum atomic E-state index is -0.548. The molecule has 0 saturated heterocycles. The van der Waals surface area contributed by atoms with Gasteiger partial charge >= 0.3 is 23.9 Å². The van der Waals surface area contributed by atoms with Crippen LogP contribution in [0.5, 0.6) is 0 Å². The van der Waals surface area contributed by atoms with Crippen LogP contribution < -0.4 is 0 Å². The van der Waals surface area contributed by atoms with Crippen LogP contribution in [0.1, 0.15) is 46.4 Å². The second-order valence-corrected chi connectivity index (χ2v) is 5.21. The molecule has 0 bridgehead atoms. The van der Waals surface area contributed by atoms with E-state index in [9.17, 15) is 19.2 Å². The van der Waals surface area contributed by atoms with Gasteiger partial charge in [0.15, 0.2) is 0 Å². The Bertz CT molecular complexity index is 566. The van der Waals surface area contributed by atoms with E-state index in [-0.39, 0.29) is 49.1 Å². The lowest BCUT2D eigenvalue weighted by Crippen LogP contribution is -2.10. The summed E-state index contributed by atoms with van der Waals surface area (Å²) in [5.41, 5.74) is 0.565. The van der Waals surface area contributed by atoms with Crippen molar-refractivity contribution >= 4 is 23.9 Å². The Kier molecular flexibility index (Phi) is 9.45. The number of ether oxygens (including phenoxy) is 4. The van der Waals surface area contributed by atoms with Crippen molar-refractivity contribution in [3.8, 4) is 0 Å². The van der Waals surface area contributed by atoms with E-state index in [1.807, 2.05) is 0 Å². The van der Waals surface area contributed by atoms with Crippen molar-refractivity contribution in [2.24, 2.45) is 0 Å². The number of esters is 4. The van der Waals surface area contributed by atoms with Gasteiger partial charge in [-0.1, -0.05) is 0 Å². The second kappa shape index (κ2) is 11.6. The Balaban J connectivity index is 2.37. The minimum Gasteiger partial charge on any atom is -0.469 e. The summed E-state index contributed by atoms with van der Waals surface area (Å²) in [6.07, 6.45) is 1.08. The maximum Gasteiger partial charge on any atom is 0.338 e. The average Bonchev–Trinajstić information content (AvgIpc) is 2.67. The van der Waals surface area contributed by atoms with E-state index < -0.39 is 11.9 Å². The summed E-state index contributed by atoms with van der Waals surface area (Å²) in [7, 11) is 2.58. The molecule has 0 spiro atoms. The first kappa shape index (κ1) is 21.1. The lowest BCUT2D eigenvalue weighted by atomic mass is 10.1. The number of rotatable bonds is 10. The van der Waals surface area contributed by atoms with Crippen molar-refractivity contribution in [3.63, 3.8) is 0 Å². The summed E-state index contributed by atoms with van der Waals surface area (Å²) in [4.78, 5) is 45.6. The van der Waals surface area contributed by atoms with Gasteiger partial charge in [-0.3, -0.25) is 9.59 Å². The van der Waals surface area contributed by atoms with Gasteiger partial charge in [-0.2, -0.15) is 0 Å². The highest BCUT2D eigenvalue weighted by atomic mass is 16.5. The molecule has 0 aliphatic rings. The predicted molar refractivity (Wildman–Crippen MR) is 89.5 cm³/mol. The molecule has 0 aliphatic carbocycles. The van der Waals surface area contributed by atoms with Gasteiger partial charge in [-0.25, -0.2) is 9.59 Å². The van der Waals surface area contributed by atoms with E-state index in [1.165, 1.54) is 38.5 Å². The number of carbonyl (C=O) groups is 4. The molecule has 1 aromatic rings. The predicted octanol–water partition coefficient (Wildman–Crippen LogP) is 1.91. The Morgan fingerprint density at radius 2 is 1.04 bits per heavy atom. The first-order valence-corrected chi connectivity index (χ1v) is 8.06. The molecular formula is C18H22O8. The van der Waals surface area contributed by atoms with Crippen LogP contribution in [0.4, 0.5) is 0 Å². The first-order valence-electron chi connectivity index (χ1n) is 8.06. The molecule has 0 aliphatic heterocycles. The number of carbonyl (C=O) groups excluding carboxylic acids is 4. The summed E-state index contributed by atoms with van der Waals surface area (Å²) in [6, 6.07) is 5.81. The smallest absolute Gasteiger partial charge is 0.338 e. The largest absolute Gasteiger partial charge is 0.469 e. The third-order valence-electron chi connectivity index (χ3n) is 3.33. The van der Waals surface area contributed by atoms with Crippen molar-refractivity contribution < 1.29 is 38.1 Å². The fourth-order valence-corrected chi connectivity index (χ4v) is 1.88. The summed E-state index contributed by atoms with van der Waals surface area (Å²) in [5.74, 6) is -1.83. The Hall–Kier alpha value is -2.90. The van der Waals surface area contributed by atoms with Crippen LogP contribution in [0.25, 0.3) is 0 Å². The fourth-order valence-electron chi connectivity index (χ4n) is 1.88. The minimum absolute atomic E-state index is 0.0952. The quantitative estimate of drug-likeness (QED) is 0.351. The molecule has 0 amide bonds. The highest BCUT2D eigenvalue weighted by Crippen LogP contribution is 2.08. The van der Waals surface area contributed by atoms with Crippen molar-refractivity contribution in [1.29, 1.82) is 0 Å². The fraction of sp³-hybridized carbons (Fsp3) is 0.444. The summed E-state index contributed by atoms with van der Waals surface area (Å²) in [6.45, 7) is 0.190. The highest BCUT2D eigenvalue weighted by Gasteiger charge is 2.11. The second-order valence-electron chi connectivity index (χ2n) is 5.21. The van der Waals surface area contributed by atoms with Crippen LogP contribution in [0, 0.1) is 0 Å². The van der Waals surface area contributed by atoms with Gasteiger partial charge in [-0.15, -0.1) is 0 Å². The normalized spacial score (nSPS) is 9.92. The van der Waals surface area contributed by atoms with E-state index in [0.717, 1.165) is 0 Å². The monoisotopic (exact) mass is 366 g/mol. The maximum atomic E-state index is 11.8. The van der Waals surface area contributed by atoms with Gasteiger partial charge in [0.2, 0.25) is 0 Å². The Morgan fingerprint density at radius 3 is 1.35 bits per heavy atom. The number of hydrogen-bond donors (Lipinski definition) is 0. The van der Waals surface area contributed by atoms with Crippen molar-refractivity contribution in [3.05, 3.63) is 35.4 Å². The van der Waals surface area contributed by atoms with E-state index in [1.54, 1.807) is 0 Å². The molecule has 0 saturated carbocycles. The molecule has 8 heteroatoms. The van der Waals surface area contributed by atoms with E-state index in [0.29, 0.717) is 12.8 Å². The van der Waals surface area contributed by atoms with Crippen molar-refractivity contribution in [2.45, 2.75) is 25.7 Å². The lowest BCUT2D eigenvalue weighted by molar-refractivity contribution is -0.141. The topological polar surface area (TPSA) is 105 Å². The molecular weight excluding hydrogens is 344 g/mol. The summed E-state index contributed by atoms with van der Waals surface area (Å²) < 4.78 is 19.0. The van der Waals surface area contributed by atoms with Crippen LogP contribution in [-0.4, -0.2) is 51.3 Å². The molecule has 8 nitrogen and oxygen atoms in total. The Morgan fingerprint density at radius 1 is 0.692 bits per heavy atom. The number of methoxy groups -OCH3 is 2.